The lowest BCUT2D eigenvalue weighted by Crippen LogP contribution is -2.39. The number of benzene rings is 1. The van der Waals surface area contributed by atoms with Crippen LogP contribution in [0.3, 0.4) is 0 Å². The first kappa shape index (κ1) is 18.8. The highest BCUT2D eigenvalue weighted by Gasteiger charge is 2.29. The monoisotopic (exact) mass is 376 g/mol. The molecule has 1 fully saturated rings. The molecule has 1 saturated carbocycles. The number of nitrogens with zero attached hydrogens (tertiary/aromatic N) is 1. The van der Waals surface area contributed by atoms with Crippen LogP contribution in [-0.2, 0) is 14.8 Å². The smallest absolute Gasteiger partial charge is 0.265 e. The van der Waals surface area contributed by atoms with Crippen molar-refractivity contribution in [2.24, 2.45) is 0 Å². The highest BCUT2D eigenvalue weighted by Crippen LogP contribution is 2.40. The Morgan fingerprint density at radius 2 is 2.00 bits per heavy atom. The maximum Gasteiger partial charge on any atom is 0.265 e. The molecule has 0 saturated heterocycles. The Morgan fingerprint density at radius 3 is 2.62 bits per heavy atom. The van der Waals surface area contributed by atoms with E-state index in [1.807, 2.05) is 26.0 Å². The van der Waals surface area contributed by atoms with Crippen molar-refractivity contribution in [2.75, 3.05) is 13.7 Å². The summed E-state index contributed by atoms with van der Waals surface area (Å²) in [4.78, 5) is 17.6. The summed E-state index contributed by atoms with van der Waals surface area (Å²) in [7, 11) is -2.39. The minimum Gasteiger partial charge on any atom is -0.383 e. The van der Waals surface area contributed by atoms with Crippen LogP contribution in [0.25, 0.3) is 10.9 Å². The molecule has 6 nitrogen and oxygen atoms in total. The number of fused-ring (bicyclic) bond motifs is 1. The number of amides is 1. The summed E-state index contributed by atoms with van der Waals surface area (Å²) in [6, 6.07) is 5.64. The predicted octanol–water partition coefficient (Wildman–Crippen LogP) is 2.82. The molecule has 1 atom stereocenters. The van der Waals surface area contributed by atoms with Crippen LogP contribution in [0, 0.1) is 13.8 Å². The van der Waals surface area contributed by atoms with E-state index in [0.717, 1.165) is 35.2 Å². The lowest BCUT2D eigenvalue weighted by Gasteiger charge is -2.15. The standard InChI is InChI=1S/C19H24N2O4S/c1-11-7-12(2)18-15(8-11)16(9-17(20-18)14-5-6-14)19(22)21-26(23,24)13(3)10-25-4/h7-9,13-14H,5-6,10H2,1-4H3,(H,21,22). The molecule has 1 aliphatic rings. The molecule has 0 bridgehead atoms. The summed E-state index contributed by atoms with van der Waals surface area (Å²) in [5.41, 5.74) is 3.95. The molecule has 2 aromatic rings. The van der Waals surface area contributed by atoms with Crippen LogP contribution in [0.1, 0.15) is 52.9 Å². The maximum absolute atomic E-state index is 12.8. The maximum atomic E-state index is 12.8. The van der Waals surface area contributed by atoms with E-state index in [2.05, 4.69) is 4.72 Å². The van der Waals surface area contributed by atoms with Crippen molar-refractivity contribution < 1.29 is 17.9 Å². The van der Waals surface area contributed by atoms with Crippen molar-refractivity contribution in [1.29, 1.82) is 0 Å². The van der Waals surface area contributed by atoms with Gasteiger partial charge in [-0.15, -0.1) is 0 Å². The van der Waals surface area contributed by atoms with E-state index in [9.17, 15) is 13.2 Å². The van der Waals surface area contributed by atoms with Gasteiger partial charge in [0.1, 0.15) is 5.25 Å². The normalized spacial score (nSPS) is 15.8. The Kier molecular flexibility index (Phi) is 5.03. The summed E-state index contributed by atoms with van der Waals surface area (Å²) in [6.07, 6.45) is 2.10. The van der Waals surface area contributed by atoms with Gasteiger partial charge in [-0.25, -0.2) is 13.1 Å². The fourth-order valence-electron chi connectivity index (χ4n) is 3.09. The van der Waals surface area contributed by atoms with E-state index in [1.54, 1.807) is 6.07 Å². The van der Waals surface area contributed by atoms with E-state index in [-0.39, 0.29) is 6.61 Å². The van der Waals surface area contributed by atoms with E-state index in [4.69, 9.17) is 9.72 Å². The molecule has 1 heterocycles. The van der Waals surface area contributed by atoms with Gasteiger partial charge in [0.15, 0.2) is 0 Å². The first-order valence-corrected chi connectivity index (χ1v) is 10.2. The van der Waals surface area contributed by atoms with Gasteiger partial charge in [-0.05, 0) is 51.3 Å². The fraction of sp³-hybridized carbons (Fsp3) is 0.474. The van der Waals surface area contributed by atoms with Gasteiger partial charge in [-0.3, -0.25) is 9.78 Å². The molecule has 140 valence electrons. The highest BCUT2D eigenvalue weighted by atomic mass is 32.2. The molecule has 1 aromatic heterocycles. The Balaban J connectivity index is 2.07. The Morgan fingerprint density at radius 1 is 1.31 bits per heavy atom. The van der Waals surface area contributed by atoms with Crippen molar-refractivity contribution in [3.05, 3.63) is 40.6 Å². The summed E-state index contributed by atoms with van der Waals surface area (Å²) in [5.74, 6) is -0.261. The third-order valence-corrected chi connectivity index (χ3v) is 6.34. The van der Waals surface area contributed by atoms with Crippen LogP contribution in [0.15, 0.2) is 18.2 Å². The average Bonchev–Trinajstić information content (AvgIpc) is 3.38. The van der Waals surface area contributed by atoms with Gasteiger partial charge in [0, 0.05) is 24.1 Å². The molecule has 0 radical (unpaired) electrons. The number of methoxy groups -OCH3 is 1. The molecule has 1 amide bonds. The summed E-state index contributed by atoms with van der Waals surface area (Å²) >= 11 is 0. The van der Waals surface area contributed by atoms with E-state index in [1.165, 1.54) is 14.0 Å². The molecule has 1 aromatic carbocycles. The number of aryl methyl sites for hydroxylation is 2. The van der Waals surface area contributed by atoms with Crippen molar-refractivity contribution in [3.8, 4) is 0 Å². The Bertz CT molecular complexity index is 965. The van der Waals surface area contributed by atoms with Gasteiger partial charge in [-0.1, -0.05) is 11.6 Å². The van der Waals surface area contributed by atoms with Gasteiger partial charge in [0.2, 0.25) is 10.0 Å². The van der Waals surface area contributed by atoms with Gasteiger partial charge in [-0.2, -0.15) is 0 Å². The molecule has 1 aliphatic carbocycles. The molecule has 7 heteroatoms. The zero-order chi connectivity index (χ0) is 19.1. The molecule has 26 heavy (non-hydrogen) atoms. The number of sulfonamides is 1. The van der Waals surface area contributed by atoms with E-state index in [0.29, 0.717) is 16.9 Å². The lowest BCUT2D eigenvalue weighted by molar-refractivity contribution is 0.0982. The van der Waals surface area contributed by atoms with Crippen LogP contribution in [0.5, 0.6) is 0 Å². The number of hydrogen-bond acceptors (Lipinski definition) is 5. The van der Waals surface area contributed by atoms with Crippen LogP contribution in [-0.4, -0.2) is 38.3 Å². The number of hydrogen-bond donors (Lipinski definition) is 1. The van der Waals surface area contributed by atoms with Crippen LogP contribution in [0.4, 0.5) is 0 Å². The molecule has 3 rings (SSSR count). The predicted molar refractivity (Wildman–Crippen MR) is 101 cm³/mol. The number of carbonyl (C=O) groups excluding carboxylic acids is 1. The van der Waals surface area contributed by atoms with Crippen molar-refractivity contribution >= 4 is 26.8 Å². The number of carbonyl (C=O) groups is 1. The first-order valence-electron chi connectivity index (χ1n) is 8.69. The Hall–Kier alpha value is -1.99. The second-order valence-electron chi connectivity index (χ2n) is 7.09. The number of rotatable bonds is 6. The largest absolute Gasteiger partial charge is 0.383 e. The average molecular weight is 376 g/mol. The fourth-order valence-corrected chi connectivity index (χ4v) is 3.97. The number of ether oxygens (including phenoxy) is 1. The summed E-state index contributed by atoms with van der Waals surface area (Å²) < 4.78 is 31.9. The zero-order valence-electron chi connectivity index (χ0n) is 15.5. The Labute approximate surface area is 154 Å². The van der Waals surface area contributed by atoms with Crippen molar-refractivity contribution in [3.63, 3.8) is 0 Å². The SMILES string of the molecule is COCC(C)S(=O)(=O)NC(=O)c1cc(C2CC2)nc2c(C)cc(C)cc12. The molecule has 1 N–H and O–H groups in total. The van der Waals surface area contributed by atoms with Crippen LogP contribution >= 0.6 is 0 Å². The first-order chi connectivity index (χ1) is 12.2. The van der Waals surface area contributed by atoms with E-state index >= 15 is 0 Å². The second-order valence-corrected chi connectivity index (χ2v) is 9.19. The number of aromatic nitrogens is 1. The molecule has 1 unspecified atom stereocenters. The summed E-state index contributed by atoms with van der Waals surface area (Å²) in [5, 5.41) is -0.144. The van der Waals surface area contributed by atoms with Crippen molar-refractivity contribution in [1.82, 2.24) is 9.71 Å². The molecular weight excluding hydrogens is 352 g/mol. The second kappa shape index (κ2) is 6.96. The number of nitrogens with one attached hydrogen (secondary N) is 1. The zero-order valence-corrected chi connectivity index (χ0v) is 16.3. The molecule has 0 spiro atoms. The number of pyridine rings is 1. The van der Waals surface area contributed by atoms with Gasteiger partial charge < -0.3 is 4.74 Å². The van der Waals surface area contributed by atoms with Crippen LogP contribution < -0.4 is 4.72 Å². The van der Waals surface area contributed by atoms with Gasteiger partial charge >= 0.3 is 0 Å². The van der Waals surface area contributed by atoms with E-state index < -0.39 is 21.2 Å². The third-order valence-electron chi connectivity index (χ3n) is 4.67. The molecular formula is C19H24N2O4S. The lowest BCUT2D eigenvalue weighted by atomic mass is 10.0. The van der Waals surface area contributed by atoms with Crippen molar-refractivity contribution in [2.45, 2.75) is 44.8 Å². The minimum atomic E-state index is -3.82. The summed E-state index contributed by atoms with van der Waals surface area (Å²) in [6.45, 7) is 5.43. The van der Waals surface area contributed by atoms with Gasteiger partial charge in [0.25, 0.3) is 5.91 Å². The minimum absolute atomic E-state index is 0.0191. The third kappa shape index (κ3) is 3.73. The topological polar surface area (TPSA) is 85.4 Å². The highest BCUT2D eigenvalue weighted by molar-refractivity contribution is 7.90. The molecule has 0 aliphatic heterocycles. The quantitative estimate of drug-likeness (QED) is 0.838. The van der Waals surface area contributed by atoms with Crippen LogP contribution in [0.2, 0.25) is 0 Å². The van der Waals surface area contributed by atoms with Gasteiger partial charge in [0.05, 0.1) is 17.7 Å².